The molecule has 0 radical (unpaired) electrons. The van der Waals surface area contributed by atoms with Crippen LogP contribution in [0, 0.1) is 11.8 Å². The van der Waals surface area contributed by atoms with E-state index in [1.807, 2.05) is 0 Å². The number of aliphatic carboxylic acids is 1. The minimum Gasteiger partial charge on any atom is -0.480 e. The number of pyridine rings is 1. The van der Waals surface area contributed by atoms with Crippen LogP contribution >= 0.6 is 0 Å². The highest BCUT2D eigenvalue weighted by molar-refractivity contribution is 6.07. The number of β-lactam (4-membered cyclic amide) rings is 1. The summed E-state index contributed by atoms with van der Waals surface area (Å²) in [5.74, 6) is -4.40. The molecule has 4 N–H and O–H groups in total. The molecule has 226 valence electrons. The Bertz CT molecular complexity index is 1370. The number of aromatic nitrogens is 1. The number of benzene rings is 1. The highest BCUT2D eigenvalue weighted by Gasteiger charge is 2.55. The number of carbonyl (C=O) groups is 4. The van der Waals surface area contributed by atoms with Crippen molar-refractivity contribution in [3.8, 4) is 11.5 Å². The molecule has 42 heavy (non-hydrogen) atoms. The number of amides is 3. The van der Waals surface area contributed by atoms with Crippen molar-refractivity contribution in [3.63, 3.8) is 0 Å². The molecule has 1 aromatic carbocycles. The molecule has 2 aliphatic heterocycles. The number of ether oxygens (including phenoxy) is 4. The lowest BCUT2D eigenvalue weighted by Gasteiger charge is -2.43. The van der Waals surface area contributed by atoms with Crippen molar-refractivity contribution in [2.24, 2.45) is 11.8 Å². The summed E-state index contributed by atoms with van der Waals surface area (Å²) in [7, 11) is 0. The van der Waals surface area contributed by atoms with Crippen LogP contribution in [0.25, 0.3) is 0 Å². The Balaban J connectivity index is 1.35. The number of carbonyl (C=O) groups excluding carboxylic acids is 3. The molecule has 4 rings (SSSR count). The number of carboxylic acids is 1. The van der Waals surface area contributed by atoms with Crippen molar-refractivity contribution in [2.45, 2.75) is 52.0 Å². The summed E-state index contributed by atoms with van der Waals surface area (Å²) in [5.41, 5.74) is 0.821. The third-order valence-electron chi connectivity index (χ3n) is 6.40. The van der Waals surface area contributed by atoms with Crippen LogP contribution in [-0.4, -0.2) is 69.5 Å². The Morgan fingerprint density at radius 3 is 2.55 bits per heavy atom. The molecule has 3 heterocycles. The largest absolute Gasteiger partial charge is 0.586 e. The van der Waals surface area contributed by atoms with Crippen LogP contribution < -0.4 is 20.1 Å². The Hall–Kier alpha value is -4.57. The summed E-state index contributed by atoms with van der Waals surface area (Å²) in [4.78, 5) is 53.8. The lowest BCUT2D eigenvalue weighted by molar-refractivity contribution is -0.286. The molecule has 16 heteroatoms. The van der Waals surface area contributed by atoms with Crippen LogP contribution in [0.15, 0.2) is 36.5 Å². The molecule has 3 amide bonds. The molecular formula is C26H28F2N4O10. The van der Waals surface area contributed by atoms with Crippen molar-refractivity contribution in [1.29, 1.82) is 0 Å². The van der Waals surface area contributed by atoms with Crippen molar-refractivity contribution < 1.29 is 57.1 Å². The molecule has 2 aromatic rings. The lowest BCUT2D eigenvalue weighted by Crippen LogP contribution is -2.68. The SMILES string of the molecule is CC(C)C(=O)OCOC(O)Nc1cc(C[C@H]2C(=O)N(C(=O)NC(C)c3ccc4c(c3)OC(F)(F)O4)C2C(=O)O)ccn1. The third-order valence-corrected chi connectivity index (χ3v) is 6.40. The molecule has 1 fully saturated rings. The Morgan fingerprint density at radius 1 is 1.14 bits per heavy atom. The van der Waals surface area contributed by atoms with E-state index < -0.39 is 61.4 Å². The molecule has 1 saturated heterocycles. The van der Waals surface area contributed by atoms with Gasteiger partial charge in [0, 0.05) is 6.20 Å². The van der Waals surface area contributed by atoms with E-state index in [9.17, 15) is 38.2 Å². The van der Waals surface area contributed by atoms with Gasteiger partial charge in [-0.25, -0.2) is 19.5 Å². The van der Waals surface area contributed by atoms with E-state index in [2.05, 4.69) is 25.1 Å². The average Bonchev–Trinajstić information content (AvgIpc) is 3.22. The molecule has 0 spiro atoms. The van der Waals surface area contributed by atoms with Crippen molar-refractivity contribution >= 4 is 29.7 Å². The number of nitrogens with one attached hydrogen (secondary N) is 2. The number of aliphatic hydroxyl groups excluding tert-OH is 1. The van der Waals surface area contributed by atoms with Crippen LogP contribution in [0.5, 0.6) is 11.5 Å². The zero-order valence-corrected chi connectivity index (χ0v) is 22.6. The predicted molar refractivity (Wildman–Crippen MR) is 136 cm³/mol. The number of fused-ring (bicyclic) bond motifs is 1. The predicted octanol–water partition coefficient (Wildman–Crippen LogP) is 2.19. The number of aliphatic hydroxyl groups is 1. The second kappa shape index (κ2) is 12.1. The van der Waals surface area contributed by atoms with E-state index in [4.69, 9.17) is 9.47 Å². The molecule has 2 aliphatic rings. The summed E-state index contributed by atoms with van der Waals surface area (Å²) in [6.45, 7) is 4.27. The minimum atomic E-state index is -3.82. The van der Waals surface area contributed by atoms with E-state index in [1.54, 1.807) is 13.8 Å². The minimum absolute atomic E-state index is 0.0638. The lowest BCUT2D eigenvalue weighted by atomic mass is 9.82. The smallest absolute Gasteiger partial charge is 0.480 e. The number of esters is 1. The first-order valence-corrected chi connectivity index (χ1v) is 12.7. The van der Waals surface area contributed by atoms with Crippen molar-refractivity contribution in [3.05, 3.63) is 47.7 Å². The van der Waals surface area contributed by atoms with Gasteiger partial charge in [-0.1, -0.05) is 19.9 Å². The number of likely N-dealkylation sites (tertiary alicyclic amines) is 1. The van der Waals surface area contributed by atoms with E-state index in [1.165, 1.54) is 43.5 Å². The van der Waals surface area contributed by atoms with Gasteiger partial charge in [0.25, 0.3) is 0 Å². The highest BCUT2D eigenvalue weighted by Crippen LogP contribution is 2.42. The summed E-state index contributed by atoms with van der Waals surface area (Å²) in [6, 6.07) is 3.62. The fraction of sp³-hybridized carbons (Fsp3) is 0.423. The summed E-state index contributed by atoms with van der Waals surface area (Å²) in [5, 5.41) is 24.8. The van der Waals surface area contributed by atoms with Crippen molar-refractivity contribution in [2.75, 3.05) is 12.1 Å². The van der Waals surface area contributed by atoms with E-state index in [0.29, 0.717) is 16.0 Å². The number of anilines is 1. The van der Waals surface area contributed by atoms with Crippen molar-refractivity contribution in [1.82, 2.24) is 15.2 Å². The maximum Gasteiger partial charge on any atom is 0.586 e. The van der Waals surface area contributed by atoms with Gasteiger partial charge in [0.2, 0.25) is 12.3 Å². The van der Waals surface area contributed by atoms with Crippen LogP contribution in [0.1, 0.15) is 37.9 Å². The maximum absolute atomic E-state index is 13.3. The van der Waals surface area contributed by atoms with E-state index >= 15 is 0 Å². The molecule has 4 atom stereocenters. The number of hydrogen-bond donors (Lipinski definition) is 4. The van der Waals surface area contributed by atoms with E-state index in [0.717, 1.165) is 0 Å². The average molecular weight is 595 g/mol. The topological polar surface area (TPSA) is 186 Å². The second-order valence-electron chi connectivity index (χ2n) is 9.80. The Labute approximate surface area is 237 Å². The zero-order chi connectivity index (χ0) is 30.8. The molecule has 3 unspecified atom stereocenters. The van der Waals surface area contributed by atoms with Gasteiger partial charge in [-0.3, -0.25) is 14.3 Å². The van der Waals surface area contributed by atoms with Gasteiger partial charge in [-0.05, 0) is 48.7 Å². The molecule has 14 nitrogen and oxygen atoms in total. The number of alkyl halides is 2. The van der Waals surface area contributed by atoms with Crippen LogP contribution in [-0.2, 0) is 30.3 Å². The van der Waals surface area contributed by atoms with Gasteiger partial charge in [-0.15, -0.1) is 8.78 Å². The fourth-order valence-corrected chi connectivity index (χ4v) is 4.26. The monoisotopic (exact) mass is 594 g/mol. The third kappa shape index (κ3) is 6.83. The molecular weight excluding hydrogens is 566 g/mol. The second-order valence-corrected chi connectivity index (χ2v) is 9.80. The first-order valence-electron chi connectivity index (χ1n) is 12.7. The number of carboxylic acid groups (broad SMARTS) is 1. The zero-order valence-electron chi connectivity index (χ0n) is 22.6. The molecule has 0 bridgehead atoms. The van der Waals surface area contributed by atoms with Gasteiger partial charge in [0.1, 0.15) is 5.82 Å². The van der Waals surface area contributed by atoms with Gasteiger partial charge in [0.05, 0.1) is 17.9 Å². The number of urea groups is 1. The molecule has 0 aliphatic carbocycles. The number of imide groups is 1. The molecule has 1 aromatic heterocycles. The number of hydrogen-bond acceptors (Lipinski definition) is 11. The van der Waals surface area contributed by atoms with Crippen LogP contribution in [0.3, 0.4) is 0 Å². The maximum atomic E-state index is 13.3. The Kier molecular flexibility index (Phi) is 8.77. The van der Waals surface area contributed by atoms with Gasteiger partial charge in [-0.2, -0.15) is 0 Å². The summed E-state index contributed by atoms with van der Waals surface area (Å²) >= 11 is 0. The van der Waals surface area contributed by atoms with Gasteiger partial charge in [0.15, 0.2) is 24.3 Å². The first kappa shape index (κ1) is 30.4. The number of rotatable bonds is 11. The standard InChI is InChI=1S/C26H28F2N4O10/c1-12(2)23(36)39-11-40-25(38)31-19-9-14(6-7-29-19)8-16-20(22(34)35)32(21(16)33)24(37)30-13(3)15-4-5-17-18(10-15)42-26(27,28)41-17/h4-7,9-10,12-13,16,20,25,38H,8,11H2,1-3H3,(H,29,31)(H,30,37)(H,34,35)/t13?,16-,20?,25?/m1/s1. The molecule has 0 saturated carbocycles. The quantitative estimate of drug-likeness (QED) is 0.169. The number of halogens is 2. The van der Waals surface area contributed by atoms with Crippen LogP contribution in [0.2, 0.25) is 0 Å². The van der Waals surface area contributed by atoms with E-state index in [-0.39, 0.29) is 29.7 Å². The summed E-state index contributed by atoms with van der Waals surface area (Å²) in [6.07, 6.45) is -4.11. The summed E-state index contributed by atoms with van der Waals surface area (Å²) < 4.78 is 45.1. The highest BCUT2D eigenvalue weighted by atomic mass is 19.3. The normalized spacial score (nSPS) is 20.0. The first-order chi connectivity index (χ1) is 19.8. The van der Waals surface area contributed by atoms with Crippen LogP contribution in [0.4, 0.5) is 19.4 Å². The van der Waals surface area contributed by atoms with Gasteiger partial charge >= 0.3 is 24.3 Å². The van der Waals surface area contributed by atoms with Gasteiger partial charge < -0.3 is 35.1 Å². The fourth-order valence-electron chi connectivity index (χ4n) is 4.26. The number of nitrogens with zero attached hydrogens (tertiary/aromatic N) is 2. The Morgan fingerprint density at radius 2 is 1.86 bits per heavy atom.